The summed E-state index contributed by atoms with van der Waals surface area (Å²) in [6, 6.07) is 0.867. The summed E-state index contributed by atoms with van der Waals surface area (Å²) in [5, 5.41) is 17.4. The van der Waals surface area contributed by atoms with Gasteiger partial charge >= 0.3 is 5.97 Å². The van der Waals surface area contributed by atoms with Crippen LogP contribution < -0.4 is 10.6 Å². The van der Waals surface area contributed by atoms with E-state index >= 15 is 0 Å². The van der Waals surface area contributed by atoms with Gasteiger partial charge in [-0.3, -0.25) is 4.79 Å². The second-order valence-electron chi connectivity index (χ2n) is 5.36. The third kappa shape index (κ3) is 2.69. The maximum atomic E-state index is 12.1. The molecule has 1 amide bonds. The van der Waals surface area contributed by atoms with Crippen molar-refractivity contribution in [1.29, 1.82) is 0 Å². The molecule has 108 valence electrons. The fourth-order valence-electron chi connectivity index (χ4n) is 3.06. The standard InChI is InChI=1S/C13H17N3O3S/c17-12(8-5-7-1-2-9(8)15-7)14-4-3-11-16-10(6-20-11)13(18)19/h6-9,15H,1-5H2,(H,14,17)(H,18,19). The van der Waals surface area contributed by atoms with E-state index in [-0.39, 0.29) is 17.5 Å². The molecule has 0 saturated carbocycles. The van der Waals surface area contributed by atoms with Gasteiger partial charge < -0.3 is 15.7 Å². The Hall–Kier alpha value is -1.47. The van der Waals surface area contributed by atoms with Crippen LogP contribution in [0.5, 0.6) is 0 Å². The van der Waals surface area contributed by atoms with Crippen LogP contribution in [0, 0.1) is 5.92 Å². The van der Waals surface area contributed by atoms with Gasteiger partial charge in [-0.1, -0.05) is 0 Å². The van der Waals surface area contributed by atoms with Crippen LogP contribution in [0.1, 0.15) is 34.8 Å². The summed E-state index contributed by atoms with van der Waals surface area (Å²) in [7, 11) is 0. The van der Waals surface area contributed by atoms with Crippen molar-refractivity contribution in [3.05, 3.63) is 16.1 Å². The summed E-state index contributed by atoms with van der Waals surface area (Å²) in [5.41, 5.74) is 0.0774. The maximum Gasteiger partial charge on any atom is 0.355 e. The monoisotopic (exact) mass is 295 g/mol. The zero-order valence-corrected chi connectivity index (χ0v) is 11.8. The molecule has 2 aliphatic rings. The number of hydrogen-bond acceptors (Lipinski definition) is 5. The summed E-state index contributed by atoms with van der Waals surface area (Å²) in [6.07, 6.45) is 3.80. The van der Waals surface area contributed by atoms with Crippen LogP contribution in [-0.2, 0) is 11.2 Å². The number of carboxylic acids is 1. The third-order valence-corrected chi connectivity index (χ3v) is 4.95. The van der Waals surface area contributed by atoms with Crippen LogP contribution >= 0.6 is 11.3 Å². The lowest BCUT2D eigenvalue weighted by atomic mass is 9.88. The highest BCUT2D eigenvalue weighted by Gasteiger charge is 2.42. The van der Waals surface area contributed by atoms with Gasteiger partial charge in [-0.25, -0.2) is 9.78 Å². The molecule has 2 aliphatic heterocycles. The molecule has 0 aliphatic carbocycles. The number of carbonyl (C=O) groups excluding carboxylic acids is 1. The Balaban J connectivity index is 1.45. The van der Waals surface area contributed by atoms with Gasteiger partial charge in [-0.2, -0.15) is 0 Å². The molecule has 0 radical (unpaired) electrons. The van der Waals surface area contributed by atoms with E-state index in [4.69, 9.17) is 5.11 Å². The van der Waals surface area contributed by atoms with Gasteiger partial charge in [0.15, 0.2) is 5.69 Å². The third-order valence-electron chi connectivity index (χ3n) is 4.05. The average Bonchev–Trinajstić information content (AvgIpc) is 3.14. The minimum atomic E-state index is -1.01. The molecule has 3 N–H and O–H groups in total. The lowest BCUT2D eigenvalue weighted by Gasteiger charge is -2.19. The number of hydrogen-bond donors (Lipinski definition) is 3. The van der Waals surface area contributed by atoms with Crippen LogP contribution in [0.2, 0.25) is 0 Å². The number of fused-ring (bicyclic) bond motifs is 2. The first-order valence-corrected chi connectivity index (χ1v) is 7.73. The van der Waals surface area contributed by atoms with Gasteiger partial charge in [0.2, 0.25) is 5.91 Å². The van der Waals surface area contributed by atoms with Crippen LogP contribution in [-0.4, -0.2) is 40.6 Å². The quantitative estimate of drug-likeness (QED) is 0.741. The Bertz CT molecular complexity index is 531. The molecular formula is C13H17N3O3S. The molecule has 2 fully saturated rings. The Morgan fingerprint density at radius 2 is 2.35 bits per heavy atom. The van der Waals surface area contributed by atoms with Crippen LogP contribution in [0.25, 0.3) is 0 Å². The van der Waals surface area contributed by atoms with E-state index in [1.807, 2.05) is 0 Å². The van der Waals surface area contributed by atoms with E-state index in [1.165, 1.54) is 23.1 Å². The number of aromatic carboxylic acids is 1. The van der Waals surface area contributed by atoms with Crippen molar-refractivity contribution >= 4 is 23.2 Å². The normalized spacial score (nSPS) is 27.7. The fourth-order valence-corrected chi connectivity index (χ4v) is 3.83. The number of carboxylic acid groups (broad SMARTS) is 1. The molecule has 20 heavy (non-hydrogen) atoms. The molecule has 0 aromatic carbocycles. The minimum absolute atomic E-state index is 0.0774. The summed E-state index contributed by atoms with van der Waals surface area (Å²) < 4.78 is 0. The Morgan fingerprint density at radius 1 is 1.50 bits per heavy atom. The van der Waals surface area contributed by atoms with Crippen molar-refractivity contribution in [1.82, 2.24) is 15.6 Å². The number of aromatic nitrogens is 1. The second kappa shape index (κ2) is 5.49. The molecule has 1 aromatic rings. The van der Waals surface area contributed by atoms with E-state index < -0.39 is 5.97 Å². The summed E-state index contributed by atoms with van der Waals surface area (Å²) in [6.45, 7) is 0.513. The number of nitrogens with one attached hydrogen (secondary N) is 2. The van der Waals surface area contributed by atoms with Gasteiger partial charge in [0.05, 0.1) is 10.9 Å². The Kier molecular flexibility index (Phi) is 3.71. The molecule has 3 heterocycles. The number of nitrogens with zero attached hydrogens (tertiary/aromatic N) is 1. The van der Waals surface area contributed by atoms with E-state index in [2.05, 4.69) is 15.6 Å². The van der Waals surface area contributed by atoms with Crippen molar-refractivity contribution in [2.75, 3.05) is 6.54 Å². The molecule has 2 saturated heterocycles. The molecule has 6 nitrogen and oxygen atoms in total. The van der Waals surface area contributed by atoms with Crippen molar-refractivity contribution in [3.63, 3.8) is 0 Å². The predicted molar refractivity (Wildman–Crippen MR) is 73.8 cm³/mol. The highest BCUT2D eigenvalue weighted by atomic mass is 32.1. The first-order valence-electron chi connectivity index (χ1n) is 6.85. The first-order chi connectivity index (χ1) is 9.63. The lowest BCUT2D eigenvalue weighted by molar-refractivity contribution is -0.125. The van der Waals surface area contributed by atoms with E-state index in [1.54, 1.807) is 0 Å². The van der Waals surface area contributed by atoms with Gasteiger partial charge in [-0.15, -0.1) is 11.3 Å². The van der Waals surface area contributed by atoms with Gasteiger partial charge in [0, 0.05) is 30.4 Å². The van der Waals surface area contributed by atoms with Crippen LogP contribution in [0.15, 0.2) is 5.38 Å². The average molecular weight is 295 g/mol. The predicted octanol–water partition coefficient (Wildman–Crippen LogP) is 0.640. The van der Waals surface area contributed by atoms with Crippen molar-refractivity contribution in [3.8, 4) is 0 Å². The van der Waals surface area contributed by atoms with Gasteiger partial charge in [0.1, 0.15) is 0 Å². The van der Waals surface area contributed by atoms with E-state index in [9.17, 15) is 9.59 Å². The lowest BCUT2D eigenvalue weighted by Crippen LogP contribution is -2.38. The number of rotatable bonds is 5. The molecule has 0 spiro atoms. The SMILES string of the molecule is O=C(O)c1csc(CCNC(=O)C2CC3CCC2N3)n1. The van der Waals surface area contributed by atoms with E-state index in [0.717, 1.165) is 17.8 Å². The summed E-state index contributed by atoms with van der Waals surface area (Å²) in [4.78, 5) is 26.8. The largest absolute Gasteiger partial charge is 0.476 e. The summed E-state index contributed by atoms with van der Waals surface area (Å²) >= 11 is 1.32. The molecule has 2 bridgehead atoms. The van der Waals surface area contributed by atoms with Gasteiger partial charge in [-0.05, 0) is 19.3 Å². The van der Waals surface area contributed by atoms with E-state index in [0.29, 0.717) is 25.0 Å². The second-order valence-corrected chi connectivity index (χ2v) is 6.30. The highest BCUT2D eigenvalue weighted by molar-refractivity contribution is 7.09. The zero-order chi connectivity index (χ0) is 14.1. The highest BCUT2D eigenvalue weighted by Crippen LogP contribution is 2.33. The molecule has 3 atom stereocenters. The smallest absolute Gasteiger partial charge is 0.355 e. The molecule has 3 unspecified atom stereocenters. The molecular weight excluding hydrogens is 278 g/mol. The van der Waals surface area contributed by atoms with Gasteiger partial charge in [0.25, 0.3) is 0 Å². The number of carbonyl (C=O) groups is 2. The zero-order valence-electron chi connectivity index (χ0n) is 11.0. The topological polar surface area (TPSA) is 91.3 Å². The number of amides is 1. The molecule has 3 rings (SSSR count). The minimum Gasteiger partial charge on any atom is -0.476 e. The Labute approximate surface area is 120 Å². The van der Waals surface area contributed by atoms with Crippen molar-refractivity contribution in [2.24, 2.45) is 5.92 Å². The summed E-state index contributed by atoms with van der Waals surface area (Å²) in [5.74, 6) is -0.802. The number of thiazole rings is 1. The van der Waals surface area contributed by atoms with Crippen LogP contribution in [0.4, 0.5) is 0 Å². The molecule has 7 heteroatoms. The Morgan fingerprint density at radius 3 is 2.95 bits per heavy atom. The first kappa shape index (κ1) is 13.5. The van der Waals surface area contributed by atoms with Crippen LogP contribution in [0.3, 0.4) is 0 Å². The fraction of sp³-hybridized carbons (Fsp3) is 0.615. The molecule has 1 aromatic heterocycles. The van der Waals surface area contributed by atoms with Crippen molar-refractivity contribution in [2.45, 2.75) is 37.8 Å². The van der Waals surface area contributed by atoms with Crippen molar-refractivity contribution < 1.29 is 14.7 Å². The maximum absolute atomic E-state index is 12.1.